The van der Waals surface area contributed by atoms with Crippen molar-refractivity contribution in [3.63, 3.8) is 0 Å². The summed E-state index contributed by atoms with van der Waals surface area (Å²) in [5, 5.41) is 7.92. The molecule has 0 unspecified atom stereocenters. The normalized spacial score (nSPS) is 18.1. The second-order valence-electron chi connectivity index (χ2n) is 6.46. The van der Waals surface area contributed by atoms with Gasteiger partial charge in [-0.05, 0) is 36.2 Å². The predicted octanol–water partition coefficient (Wildman–Crippen LogP) is 4.21. The van der Waals surface area contributed by atoms with Gasteiger partial charge in [0.25, 0.3) is 0 Å². The highest BCUT2D eigenvalue weighted by Gasteiger charge is 2.33. The van der Waals surface area contributed by atoms with Crippen molar-refractivity contribution >= 4 is 21.9 Å². The van der Waals surface area contributed by atoms with Gasteiger partial charge in [-0.1, -0.05) is 28.1 Å². The van der Waals surface area contributed by atoms with Crippen molar-refractivity contribution in [1.82, 2.24) is 14.8 Å². The van der Waals surface area contributed by atoms with Crippen LogP contribution in [0, 0.1) is 0 Å². The van der Waals surface area contributed by atoms with Crippen molar-refractivity contribution in [1.29, 1.82) is 0 Å². The fourth-order valence-corrected chi connectivity index (χ4v) is 4.12. The highest BCUT2D eigenvalue weighted by atomic mass is 79.9. The lowest BCUT2D eigenvalue weighted by Gasteiger charge is -2.32. The van der Waals surface area contributed by atoms with E-state index < -0.39 is 0 Å². The largest absolute Gasteiger partial charge is 0.493 e. The first-order valence-corrected chi connectivity index (χ1v) is 9.66. The molecule has 1 aliphatic rings. The molecule has 0 saturated heterocycles. The van der Waals surface area contributed by atoms with Gasteiger partial charge in [-0.3, -0.25) is 0 Å². The Morgan fingerprint density at radius 3 is 2.61 bits per heavy atom. The number of methoxy groups -OCH3 is 3. The van der Waals surface area contributed by atoms with Crippen LogP contribution in [0.25, 0.3) is 0 Å². The molecular weight excluding hydrogens is 424 g/mol. The molecule has 1 N–H and O–H groups in total. The smallest absolute Gasteiger partial charge is 0.222 e. The standard InChI is InChI=1S/C20H21BrN4O3/c1-26-17-8-7-14(18(27-2)19(17)28-3)16-10-15(12-5-4-6-13(21)9-12)24-20-22-11-23-25(16)20/h4-9,11,15-16H,10H2,1-3H3,(H,22,23,24)/t15-,16-/m1/s1. The molecule has 1 aromatic heterocycles. The quantitative estimate of drug-likeness (QED) is 0.635. The SMILES string of the molecule is COc1ccc([C@H]2C[C@H](c3cccc(Br)c3)Nc3ncnn32)c(OC)c1OC. The Labute approximate surface area is 171 Å². The Balaban J connectivity index is 1.81. The fourth-order valence-electron chi connectivity index (χ4n) is 3.71. The Morgan fingerprint density at radius 1 is 1.07 bits per heavy atom. The van der Waals surface area contributed by atoms with Crippen LogP contribution in [0.5, 0.6) is 17.2 Å². The Bertz CT molecular complexity index is 991. The second-order valence-corrected chi connectivity index (χ2v) is 7.37. The molecule has 2 heterocycles. The first-order valence-electron chi connectivity index (χ1n) is 8.86. The van der Waals surface area contributed by atoms with Crippen molar-refractivity contribution in [2.75, 3.05) is 26.6 Å². The summed E-state index contributed by atoms with van der Waals surface area (Å²) in [5.41, 5.74) is 2.14. The number of nitrogens with zero attached hydrogens (tertiary/aromatic N) is 3. The first-order chi connectivity index (χ1) is 13.7. The van der Waals surface area contributed by atoms with Crippen molar-refractivity contribution in [2.45, 2.75) is 18.5 Å². The molecule has 1 aliphatic heterocycles. The van der Waals surface area contributed by atoms with Crippen LogP contribution in [-0.2, 0) is 0 Å². The molecule has 2 atom stereocenters. The molecular formula is C20H21BrN4O3. The van der Waals surface area contributed by atoms with E-state index in [9.17, 15) is 0 Å². The number of anilines is 1. The molecule has 7 nitrogen and oxygen atoms in total. The summed E-state index contributed by atoms with van der Waals surface area (Å²) in [7, 11) is 4.86. The van der Waals surface area contributed by atoms with Gasteiger partial charge in [0.1, 0.15) is 6.33 Å². The predicted molar refractivity (Wildman–Crippen MR) is 109 cm³/mol. The highest BCUT2D eigenvalue weighted by Crippen LogP contribution is 2.46. The van der Waals surface area contributed by atoms with Crippen LogP contribution in [0.15, 0.2) is 47.2 Å². The van der Waals surface area contributed by atoms with Crippen LogP contribution >= 0.6 is 15.9 Å². The van der Waals surface area contributed by atoms with E-state index in [4.69, 9.17) is 14.2 Å². The Kier molecular flexibility index (Phi) is 5.13. The zero-order chi connectivity index (χ0) is 19.7. The van der Waals surface area contributed by atoms with E-state index >= 15 is 0 Å². The van der Waals surface area contributed by atoms with Crippen molar-refractivity contribution in [3.05, 3.63) is 58.3 Å². The topological polar surface area (TPSA) is 70.4 Å². The Morgan fingerprint density at radius 2 is 1.89 bits per heavy atom. The van der Waals surface area contributed by atoms with E-state index in [2.05, 4.69) is 43.5 Å². The zero-order valence-electron chi connectivity index (χ0n) is 15.8. The maximum absolute atomic E-state index is 5.72. The van der Waals surface area contributed by atoms with E-state index in [1.165, 1.54) is 5.56 Å². The third-order valence-electron chi connectivity index (χ3n) is 4.98. The summed E-state index contributed by atoms with van der Waals surface area (Å²) in [6, 6.07) is 12.2. The van der Waals surface area contributed by atoms with Crippen LogP contribution in [-0.4, -0.2) is 36.1 Å². The van der Waals surface area contributed by atoms with Crippen LogP contribution in [0.1, 0.15) is 29.6 Å². The molecule has 0 radical (unpaired) electrons. The second kappa shape index (κ2) is 7.71. The Hall–Kier alpha value is -2.74. The van der Waals surface area contributed by atoms with Crippen LogP contribution < -0.4 is 19.5 Å². The van der Waals surface area contributed by atoms with Gasteiger partial charge in [0.05, 0.1) is 33.4 Å². The average Bonchev–Trinajstić information content (AvgIpc) is 3.20. The monoisotopic (exact) mass is 444 g/mol. The highest BCUT2D eigenvalue weighted by molar-refractivity contribution is 9.10. The van der Waals surface area contributed by atoms with Crippen molar-refractivity contribution in [3.8, 4) is 17.2 Å². The minimum Gasteiger partial charge on any atom is -0.493 e. The van der Waals surface area contributed by atoms with Gasteiger partial charge in [0.2, 0.25) is 11.7 Å². The molecule has 28 heavy (non-hydrogen) atoms. The average molecular weight is 445 g/mol. The summed E-state index contributed by atoms with van der Waals surface area (Å²) in [4.78, 5) is 4.39. The number of benzene rings is 2. The summed E-state index contributed by atoms with van der Waals surface area (Å²) < 4.78 is 19.6. The number of rotatable bonds is 5. The molecule has 0 spiro atoms. The molecule has 0 fully saturated rings. The molecule has 4 rings (SSSR count). The molecule has 0 bridgehead atoms. The minimum atomic E-state index is -0.0718. The lowest BCUT2D eigenvalue weighted by molar-refractivity contribution is 0.315. The third kappa shape index (κ3) is 3.17. The number of halogens is 1. The summed E-state index contributed by atoms with van der Waals surface area (Å²) in [6.45, 7) is 0. The molecule has 146 valence electrons. The van der Waals surface area contributed by atoms with E-state index in [1.807, 2.05) is 28.9 Å². The minimum absolute atomic E-state index is 0.0718. The molecule has 2 aromatic carbocycles. The molecule has 0 amide bonds. The van der Waals surface area contributed by atoms with E-state index in [-0.39, 0.29) is 12.1 Å². The van der Waals surface area contributed by atoms with Gasteiger partial charge in [-0.25, -0.2) is 4.68 Å². The zero-order valence-corrected chi connectivity index (χ0v) is 17.4. The number of fused-ring (bicyclic) bond motifs is 1. The number of ether oxygens (including phenoxy) is 3. The summed E-state index contributed by atoms with van der Waals surface area (Å²) in [5.74, 6) is 2.56. The van der Waals surface area contributed by atoms with Gasteiger partial charge >= 0.3 is 0 Å². The van der Waals surface area contributed by atoms with E-state index in [0.29, 0.717) is 17.2 Å². The van der Waals surface area contributed by atoms with Gasteiger partial charge in [-0.2, -0.15) is 10.1 Å². The lowest BCUT2D eigenvalue weighted by Crippen LogP contribution is -2.28. The third-order valence-corrected chi connectivity index (χ3v) is 5.47. The van der Waals surface area contributed by atoms with E-state index in [1.54, 1.807) is 27.7 Å². The van der Waals surface area contributed by atoms with Gasteiger partial charge in [-0.15, -0.1) is 0 Å². The van der Waals surface area contributed by atoms with Gasteiger partial charge in [0.15, 0.2) is 11.5 Å². The van der Waals surface area contributed by atoms with Crippen LogP contribution in [0.2, 0.25) is 0 Å². The van der Waals surface area contributed by atoms with Crippen molar-refractivity contribution < 1.29 is 14.2 Å². The summed E-state index contributed by atoms with van der Waals surface area (Å²) >= 11 is 3.56. The maximum atomic E-state index is 5.72. The van der Waals surface area contributed by atoms with E-state index in [0.717, 1.165) is 22.4 Å². The summed E-state index contributed by atoms with van der Waals surface area (Å²) in [6.07, 6.45) is 2.34. The fraction of sp³-hybridized carbons (Fsp3) is 0.300. The van der Waals surface area contributed by atoms with Crippen molar-refractivity contribution in [2.24, 2.45) is 0 Å². The van der Waals surface area contributed by atoms with Gasteiger partial charge in [0, 0.05) is 10.0 Å². The number of aromatic nitrogens is 3. The molecule has 0 saturated carbocycles. The lowest BCUT2D eigenvalue weighted by atomic mass is 9.92. The molecule has 8 heteroatoms. The molecule has 3 aromatic rings. The number of hydrogen-bond acceptors (Lipinski definition) is 6. The van der Waals surface area contributed by atoms with Crippen LogP contribution in [0.4, 0.5) is 5.95 Å². The van der Waals surface area contributed by atoms with Gasteiger partial charge < -0.3 is 19.5 Å². The van der Waals surface area contributed by atoms with Crippen LogP contribution in [0.3, 0.4) is 0 Å². The maximum Gasteiger partial charge on any atom is 0.222 e. The number of nitrogens with one attached hydrogen (secondary N) is 1. The molecule has 0 aliphatic carbocycles. The number of hydrogen-bond donors (Lipinski definition) is 1. The first kappa shape index (κ1) is 18.6.